The number of aliphatic hydroxyl groups excluding tert-OH is 1. The molecule has 1 aromatic heterocycles. The van der Waals surface area contributed by atoms with Crippen LogP contribution in [0.2, 0.25) is 0 Å². The second-order valence-corrected chi connectivity index (χ2v) is 5.02. The number of aromatic nitrogens is 1. The minimum atomic E-state index is -0.467. The van der Waals surface area contributed by atoms with Gasteiger partial charge in [0.25, 0.3) is 0 Å². The van der Waals surface area contributed by atoms with Crippen LogP contribution in [0.4, 0.5) is 5.69 Å². The van der Waals surface area contributed by atoms with Gasteiger partial charge < -0.3 is 15.4 Å². The molecule has 1 atom stereocenters. The molecule has 0 bridgehead atoms. The molecule has 3 N–H and O–H groups in total. The van der Waals surface area contributed by atoms with Crippen LogP contribution in [0.3, 0.4) is 0 Å². The highest BCUT2D eigenvalue weighted by Crippen LogP contribution is 2.23. The quantitative estimate of drug-likeness (QED) is 0.672. The van der Waals surface area contributed by atoms with Gasteiger partial charge in [0.15, 0.2) is 0 Å². The third kappa shape index (κ3) is 2.53. The summed E-state index contributed by atoms with van der Waals surface area (Å²) in [7, 11) is 0. The second kappa shape index (κ2) is 5.39. The second-order valence-electron chi connectivity index (χ2n) is 5.02. The number of nitrogens with one attached hydrogen (secondary N) is 2. The Labute approximate surface area is 118 Å². The third-order valence-corrected chi connectivity index (χ3v) is 3.51. The number of hydrogen-bond acceptors (Lipinski definition) is 2. The number of rotatable bonds is 4. The molecule has 0 aliphatic carbocycles. The van der Waals surface area contributed by atoms with E-state index in [1.807, 2.05) is 30.5 Å². The Morgan fingerprint density at radius 2 is 2.00 bits per heavy atom. The Kier molecular flexibility index (Phi) is 3.44. The maximum Gasteiger partial charge on any atom is 0.0781 e. The average molecular weight is 266 g/mol. The molecule has 2 aromatic carbocycles. The van der Waals surface area contributed by atoms with Crippen LogP contribution in [0, 0.1) is 0 Å². The van der Waals surface area contributed by atoms with Gasteiger partial charge in [0.1, 0.15) is 0 Å². The van der Waals surface area contributed by atoms with E-state index in [-0.39, 0.29) is 0 Å². The van der Waals surface area contributed by atoms with Crippen molar-refractivity contribution in [1.29, 1.82) is 0 Å². The first-order chi connectivity index (χ1) is 9.74. The molecule has 1 unspecified atom stereocenters. The lowest BCUT2D eigenvalue weighted by Gasteiger charge is -2.14. The van der Waals surface area contributed by atoms with Gasteiger partial charge in [-0.2, -0.15) is 0 Å². The van der Waals surface area contributed by atoms with Crippen molar-refractivity contribution in [1.82, 2.24) is 4.98 Å². The number of aliphatic hydroxyl groups is 1. The molecule has 3 aromatic rings. The molecule has 0 amide bonds. The maximum absolute atomic E-state index is 9.77. The third-order valence-electron chi connectivity index (χ3n) is 3.51. The highest BCUT2D eigenvalue weighted by atomic mass is 16.3. The van der Waals surface area contributed by atoms with Crippen LogP contribution in [-0.2, 0) is 6.54 Å². The number of hydrogen-bond donors (Lipinski definition) is 3. The summed E-state index contributed by atoms with van der Waals surface area (Å²) in [6, 6.07) is 16.3. The minimum Gasteiger partial charge on any atom is -0.389 e. The van der Waals surface area contributed by atoms with E-state index in [4.69, 9.17) is 0 Å². The molecule has 3 nitrogen and oxygen atoms in total. The summed E-state index contributed by atoms with van der Waals surface area (Å²) in [5.41, 5.74) is 4.28. The Bertz CT molecular complexity index is 716. The Morgan fingerprint density at radius 1 is 1.15 bits per heavy atom. The molecule has 0 radical (unpaired) electrons. The summed E-state index contributed by atoms with van der Waals surface area (Å²) in [6.07, 6.45) is 1.48. The first-order valence-corrected chi connectivity index (χ1v) is 6.81. The van der Waals surface area contributed by atoms with Gasteiger partial charge >= 0.3 is 0 Å². The molecule has 1 heterocycles. The summed E-state index contributed by atoms with van der Waals surface area (Å²) >= 11 is 0. The van der Waals surface area contributed by atoms with E-state index in [1.165, 1.54) is 10.9 Å². The predicted molar refractivity (Wildman–Crippen MR) is 82.7 cm³/mol. The van der Waals surface area contributed by atoms with Gasteiger partial charge in [-0.3, -0.25) is 0 Å². The minimum absolute atomic E-state index is 0.467. The van der Waals surface area contributed by atoms with Crippen molar-refractivity contribution in [2.45, 2.75) is 19.6 Å². The monoisotopic (exact) mass is 266 g/mol. The Balaban J connectivity index is 1.79. The number of anilines is 1. The van der Waals surface area contributed by atoms with Crippen molar-refractivity contribution in [3.63, 3.8) is 0 Å². The summed E-state index contributed by atoms with van der Waals surface area (Å²) in [5.74, 6) is 0. The molecular formula is C17H18N2O. The largest absolute Gasteiger partial charge is 0.389 e. The molecule has 0 aliphatic heterocycles. The topological polar surface area (TPSA) is 48.0 Å². The molecule has 0 saturated carbocycles. The summed E-state index contributed by atoms with van der Waals surface area (Å²) in [4.78, 5) is 3.19. The van der Waals surface area contributed by atoms with E-state index in [0.717, 1.165) is 23.3 Å². The summed E-state index contributed by atoms with van der Waals surface area (Å²) in [5, 5.41) is 14.4. The van der Waals surface area contributed by atoms with Crippen LogP contribution in [0.25, 0.3) is 10.9 Å². The SMILES string of the molecule is CC(O)c1ccccc1NCc1ccc2[nH]ccc2c1. The van der Waals surface area contributed by atoms with Crippen LogP contribution in [0.1, 0.15) is 24.2 Å². The first kappa shape index (κ1) is 12.8. The van der Waals surface area contributed by atoms with Gasteiger partial charge in [0.05, 0.1) is 6.10 Å². The zero-order valence-corrected chi connectivity index (χ0v) is 11.4. The van der Waals surface area contributed by atoms with Crippen LogP contribution in [0.15, 0.2) is 54.7 Å². The number of para-hydroxylation sites is 1. The van der Waals surface area contributed by atoms with E-state index in [2.05, 4.69) is 34.6 Å². The van der Waals surface area contributed by atoms with E-state index in [1.54, 1.807) is 6.92 Å². The number of benzene rings is 2. The molecule has 102 valence electrons. The zero-order valence-electron chi connectivity index (χ0n) is 11.4. The van der Waals surface area contributed by atoms with Gasteiger partial charge in [-0.1, -0.05) is 24.3 Å². The van der Waals surface area contributed by atoms with Crippen molar-refractivity contribution in [3.05, 3.63) is 65.9 Å². The number of fused-ring (bicyclic) bond motifs is 1. The van der Waals surface area contributed by atoms with Crippen molar-refractivity contribution >= 4 is 16.6 Å². The Hall–Kier alpha value is -2.26. The van der Waals surface area contributed by atoms with E-state index < -0.39 is 6.10 Å². The lowest BCUT2D eigenvalue weighted by atomic mass is 10.1. The average Bonchev–Trinajstić information content (AvgIpc) is 2.92. The number of H-pyrrole nitrogens is 1. The van der Waals surface area contributed by atoms with Gasteiger partial charge in [0, 0.05) is 29.5 Å². The Morgan fingerprint density at radius 3 is 2.85 bits per heavy atom. The van der Waals surface area contributed by atoms with Crippen LogP contribution < -0.4 is 5.32 Å². The van der Waals surface area contributed by atoms with Crippen molar-refractivity contribution in [2.75, 3.05) is 5.32 Å². The van der Waals surface area contributed by atoms with Crippen molar-refractivity contribution < 1.29 is 5.11 Å². The smallest absolute Gasteiger partial charge is 0.0781 e. The molecule has 3 heteroatoms. The highest BCUT2D eigenvalue weighted by Gasteiger charge is 2.06. The zero-order chi connectivity index (χ0) is 13.9. The van der Waals surface area contributed by atoms with Crippen LogP contribution >= 0.6 is 0 Å². The van der Waals surface area contributed by atoms with Crippen molar-refractivity contribution in [2.24, 2.45) is 0 Å². The van der Waals surface area contributed by atoms with E-state index in [0.29, 0.717) is 0 Å². The molecule has 0 spiro atoms. The molecule has 0 aliphatic rings. The molecule has 0 saturated heterocycles. The van der Waals surface area contributed by atoms with Gasteiger partial charge in [-0.25, -0.2) is 0 Å². The van der Waals surface area contributed by atoms with E-state index in [9.17, 15) is 5.11 Å². The van der Waals surface area contributed by atoms with Gasteiger partial charge in [0.2, 0.25) is 0 Å². The molecule has 3 rings (SSSR count). The molecule has 20 heavy (non-hydrogen) atoms. The summed E-state index contributed by atoms with van der Waals surface area (Å²) in [6.45, 7) is 2.53. The summed E-state index contributed by atoms with van der Waals surface area (Å²) < 4.78 is 0. The highest BCUT2D eigenvalue weighted by molar-refractivity contribution is 5.80. The normalized spacial score (nSPS) is 12.5. The van der Waals surface area contributed by atoms with E-state index >= 15 is 0 Å². The van der Waals surface area contributed by atoms with Gasteiger partial charge in [-0.15, -0.1) is 0 Å². The standard InChI is InChI=1S/C17H18N2O/c1-12(20)15-4-2-3-5-17(15)19-11-13-6-7-16-14(10-13)8-9-18-16/h2-10,12,18-20H,11H2,1H3. The first-order valence-electron chi connectivity index (χ1n) is 6.81. The van der Waals surface area contributed by atoms with Crippen molar-refractivity contribution in [3.8, 4) is 0 Å². The fourth-order valence-corrected chi connectivity index (χ4v) is 2.43. The fourth-order valence-electron chi connectivity index (χ4n) is 2.43. The number of aromatic amines is 1. The lowest BCUT2D eigenvalue weighted by Crippen LogP contribution is -2.04. The predicted octanol–water partition coefficient (Wildman–Crippen LogP) is 3.83. The maximum atomic E-state index is 9.77. The molecule has 0 fully saturated rings. The lowest BCUT2D eigenvalue weighted by molar-refractivity contribution is 0.200. The fraction of sp³-hybridized carbons (Fsp3) is 0.176. The van der Waals surface area contributed by atoms with Gasteiger partial charge in [-0.05, 0) is 42.1 Å². The molecular weight excluding hydrogens is 248 g/mol. The van der Waals surface area contributed by atoms with Crippen LogP contribution in [0.5, 0.6) is 0 Å². The van der Waals surface area contributed by atoms with Crippen LogP contribution in [-0.4, -0.2) is 10.1 Å².